The van der Waals surface area contributed by atoms with Gasteiger partial charge in [0.05, 0.1) is 16.1 Å². The van der Waals surface area contributed by atoms with E-state index in [1.165, 1.54) is 0 Å². The zero-order valence-electron chi connectivity index (χ0n) is 17.0. The summed E-state index contributed by atoms with van der Waals surface area (Å²) in [6.45, 7) is 2.33. The number of nitrogens with zero attached hydrogens (tertiary/aromatic N) is 1. The van der Waals surface area contributed by atoms with Crippen LogP contribution < -0.4 is 9.62 Å². The van der Waals surface area contributed by atoms with E-state index in [9.17, 15) is 13.2 Å². The maximum atomic E-state index is 13.3. The van der Waals surface area contributed by atoms with E-state index in [1.54, 1.807) is 53.4 Å². The Labute approximate surface area is 182 Å². The first-order valence-electron chi connectivity index (χ1n) is 9.98. The molecule has 0 heterocycles. The molecule has 0 aliphatic carbocycles. The molecule has 0 saturated carbocycles. The first-order chi connectivity index (χ1) is 15.0. The van der Waals surface area contributed by atoms with Crippen LogP contribution >= 0.6 is 0 Å². The Kier molecular flexibility index (Phi) is 5.73. The molecule has 0 unspecified atom stereocenters. The maximum absolute atomic E-state index is 13.3. The Morgan fingerprint density at radius 2 is 1.45 bits per heavy atom. The quantitative estimate of drug-likeness (QED) is 0.451. The molecule has 5 nitrogen and oxygen atoms in total. The molecule has 0 aliphatic rings. The number of carbonyl (C=O) groups is 1. The van der Waals surface area contributed by atoms with E-state index in [-0.39, 0.29) is 22.1 Å². The monoisotopic (exact) mass is 430 g/mol. The molecular weight excluding hydrogens is 408 g/mol. The molecule has 0 spiro atoms. The summed E-state index contributed by atoms with van der Waals surface area (Å²) in [5.74, 6) is -0.273. The minimum absolute atomic E-state index is 0.170. The smallest absolute Gasteiger partial charge is 0.262 e. The molecule has 31 heavy (non-hydrogen) atoms. The van der Waals surface area contributed by atoms with Gasteiger partial charge in [-0.1, -0.05) is 66.7 Å². The van der Waals surface area contributed by atoms with Crippen molar-refractivity contribution in [1.82, 2.24) is 0 Å². The van der Waals surface area contributed by atoms with Crippen LogP contribution in [0, 0.1) is 0 Å². The van der Waals surface area contributed by atoms with Gasteiger partial charge in [-0.3, -0.25) is 9.52 Å². The number of benzene rings is 4. The van der Waals surface area contributed by atoms with Crippen molar-refractivity contribution < 1.29 is 13.2 Å². The second kappa shape index (κ2) is 8.62. The summed E-state index contributed by atoms with van der Waals surface area (Å²) < 4.78 is 29.2. The third-order valence-corrected chi connectivity index (χ3v) is 6.49. The lowest BCUT2D eigenvalue weighted by Gasteiger charge is -2.22. The van der Waals surface area contributed by atoms with E-state index < -0.39 is 10.0 Å². The fraction of sp³-hybridized carbons (Fsp3) is 0.0800. The summed E-state index contributed by atoms with van der Waals surface area (Å²) in [5, 5.41) is 1.46. The number of fused-ring (bicyclic) bond motifs is 1. The Hall–Kier alpha value is -3.64. The van der Waals surface area contributed by atoms with Crippen molar-refractivity contribution in [2.24, 2.45) is 0 Å². The lowest BCUT2D eigenvalue weighted by molar-refractivity contribution is 0.0989. The highest BCUT2D eigenvalue weighted by Crippen LogP contribution is 2.27. The average molecular weight is 431 g/mol. The van der Waals surface area contributed by atoms with Gasteiger partial charge < -0.3 is 4.90 Å². The number of nitrogens with one attached hydrogen (secondary N) is 1. The van der Waals surface area contributed by atoms with Gasteiger partial charge in [-0.2, -0.15) is 0 Å². The van der Waals surface area contributed by atoms with Gasteiger partial charge in [0.2, 0.25) is 0 Å². The van der Waals surface area contributed by atoms with E-state index in [0.717, 1.165) is 11.1 Å². The zero-order valence-corrected chi connectivity index (χ0v) is 17.8. The van der Waals surface area contributed by atoms with E-state index >= 15 is 0 Å². The molecule has 0 aromatic heterocycles. The second-order valence-corrected chi connectivity index (χ2v) is 8.66. The maximum Gasteiger partial charge on any atom is 0.262 e. The van der Waals surface area contributed by atoms with Crippen molar-refractivity contribution in [2.75, 3.05) is 16.2 Å². The van der Waals surface area contributed by atoms with Gasteiger partial charge in [0.1, 0.15) is 0 Å². The topological polar surface area (TPSA) is 66.5 Å². The van der Waals surface area contributed by atoms with Gasteiger partial charge in [0, 0.05) is 17.6 Å². The standard InChI is InChI=1S/C25H22N2O3S/c1-2-27(20-13-4-3-5-14-20)25(28)22-16-8-9-17-23(22)26-31(29,30)24-18-10-12-19-11-6-7-15-21(19)24/h3-18,26H,2H2,1H3. The number of sulfonamides is 1. The van der Waals surface area contributed by atoms with Gasteiger partial charge in [-0.05, 0) is 42.6 Å². The molecule has 1 N–H and O–H groups in total. The fourth-order valence-electron chi connectivity index (χ4n) is 3.59. The molecule has 4 aromatic carbocycles. The van der Waals surface area contributed by atoms with Crippen molar-refractivity contribution in [1.29, 1.82) is 0 Å². The minimum Gasteiger partial charge on any atom is -0.309 e. The van der Waals surface area contributed by atoms with Crippen LogP contribution in [0.1, 0.15) is 17.3 Å². The van der Waals surface area contributed by atoms with Crippen molar-refractivity contribution >= 4 is 38.1 Å². The molecule has 6 heteroatoms. The number of amides is 1. The Morgan fingerprint density at radius 3 is 2.23 bits per heavy atom. The number of hydrogen-bond donors (Lipinski definition) is 1. The van der Waals surface area contributed by atoms with Crippen LogP contribution in [0.25, 0.3) is 10.8 Å². The molecule has 0 atom stereocenters. The van der Waals surface area contributed by atoms with Crippen LogP contribution in [-0.4, -0.2) is 20.9 Å². The third kappa shape index (κ3) is 4.15. The van der Waals surface area contributed by atoms with Crippen LogP contribution in [0.4, 0.5) is 11.4 Å². The van der Waals surface area contributed by atoms with Gasteiger partial charge in [-0.25, -0.2) is 8.42 Å². The predicted octanol–water partition coefficient (Wildman–Crippen LogP) is 5.31. The van der Waals surface area contributed by atoms with Crippen LogP contribution in [-0.2, 0) is 10.0 Å². The molecule has 1 amide bonds. The highest BCUT2D eigenvalue weighted by molar-refractivity contribution is 7.93. The average Bonchev–Trinajstić information content (AvgIpc) is 2.80. The number of anilines is 2. The van der Waals surface area contributed by atoms with Gasteiger partial charge in [0.25, 0.3) is 15.9 Å². The Balaban J connectivity index is 1.73. The van der Waals surface area contributed by atoms with Crippen LogP contribution in [0.15, 0.2) is 102 Å². The molecule has 0 radical (unpaired) electrons. The van der Waals surface area contributed by atoms with E-state index in [4.69, 9.17) is 0 Å². The summed E-state index contributed by atoms with van der Waals surface area (Å²) in [6, 6.07) is 28.4. The lowest BCUT2D eigenvalue weighted by Crippen LogP contribution is -2.31. The van der Waals surface area contributed by atoms with Crippen LogP contribution in [0.5, 0.6) is 0 Å². The van der Waals surface area contributed by atoms with Gasteiger partial charge in [-0.15, -0.1) is 0 Å². The molecule has 4 aromatic rings. The Bertz CT molecular complexity index is 1330. The normalized spacial score (nSPS) is 11.3. The van der Waals surface area contributed by atoms with E-state index in [0.29, 0.717) is 11.9 Å². The van der Waals surface area contributed by atoms with Crippen LogP contribution in [0.2, 0.25) is 0 Å². The molecule has 0 aliphatic heterocycles. The molecule has 156 valence electrons. The van der Waals surface area contributed by atoms with E-state index in [2.05, 4.69) is 4.72 Å². The predicted molar refractivity (Wildman–Crippen MR) is 125 cm³/mol. The Morgan fingerprint density at radius 1 is 0.806 bits per heavy atom. The minimum atomic E-state index is -3.91. The summed E-state index contributed by atoms with van der Waals surface area (Å²) >= 11 is 0. The number of carbonyl (C=O) groups excluding carboxylic acids is 1. The number of hydrogen-bond acceptors (Lipinski definition) is 3. The largest absolute Gasteiger partial charge is 0.309 e. The highest BCUT2D eigenvalue weighted by atomic mass is 32.2. The second-order valence-electron chi connectivity index (χ2n) is 7.01. The molecule has 4 rings (SSSR count). The third-order valence-electron chi connectivity index (χ3n) is 5.07. The van der Waals surface area contributed by atoms with Gasteiger partial charge in [0.15, 0.2) is 0 Å². The molecule has 0 fully saturated rings. The van der Waals surface area contributed by atoms with Gasteiger partial charge >= 0.3 is 0 Å². The SMILES string of the molecule is CCN(C(=O)c1ccccc1NS(=O)(=O)c1cccc2ccccc12)c1ccccc1. The lowest BCUT2D eigenvalue weighted by atomic mass is 10.1. The molecule has 0 bridgehead atoms. The van der Waals surface area contributed by atoms with E-state index in [1.807, 2.05) is 55.5 Å². The highest BCUT2D eigenvalue weighted by Gasteiger charge is 2.23. The number of rotatable bonds is 6. The van der Waals surface area contributed by atoms with Crippen molar-refractivity contribution in [3.8, 4) is 0 Å². The fourth-order valence-corrected chi connectivity index (χ4v) is 4.90. The van der Waals surface area contributed by atoms with Crippen LogP contribution in [0.3, 0.4) is 0 Å². The molecular formula is C25H22N2O3S. The first-order valence-corrected chi connectivity index (χ1v) is 11.5. The van der Waals surface area contributed by atoms with Crippen molar-refractivity contribution in [2.45, 2.75) is 11.8 Å². The molecule has 0 saturated heterocycles. The van der Waals surface area contributed by atoms with Crippen molar-refractivity contribution in [3.05, 3.63) is 103 Å². The zero-order chi connectivity index (χ0) is 21.8. The summed E-state index contributed by atoms with van der Waals surface area (Å²) in [7, 11) is -3.91. The first kappa shape index (κ1) is 20.6. The summed E-state index contributed by atoms with van der Waals surface area (Å²) in [6.07, 6.45) is 0. The summed E-state index contributed by atoms with van der Waals surface area (Å²) in [5.41, 5.74) is 1.29. The summed E-state index contributed by atoms with van der Waals surface area (Å²) in [4.78, 5) is 15.1. The number of para-hydroxylation sites is 2. The van der Waals surface area contributed by atoms with Crippen molar-refractivity contribution in [3.63, 3.8) is 0 Å².